The molecule has 1 amide bonds. The lowest BCUT2D eigenvalue weighted by Crippen LogP contribution is -2.37. The number of hydrogen-bond donors (Lipinski definition) is 1. The number of ether oxygens (including phenoxy) is 2. The molecule has 7 heteroatoms. The molecule has 1 unspecified atom stereocenters. The summed E-state index contributed by atoms with van der Waals surface area (Å²) in [5, 5.41) is 2.64. The van der Waals surface area contributed by atoms with Crippen molar-refractivity contribution in [2.24, 2.45) is 0 Å². The third-order valence-corrected chi connectivity index (χ3v) is 3.49. The first-order chi connectivity index (χ1) is 11.6. The van der Waals surface area contributed by atoms with Crippen LogP contribution in [0, 0.1) is 6.92 Å². The minimum Gasteiger partial charge on any atom is -0.481 e. The Bertz CT molecular complexity index is 559. The normalized spacial score (nSPS) is 13.0. The van der Waals surface area contributed by atoms with Crippen molar-refractivity contribution in [2.45, 2.75) is 52.3 Å². The fourth-order valence-corrected chi connectivity index (χ4v) is 2.18. The van der Waals surface area contributed by atoms with Crippen LogP contribution in [0.15, 0.2) is 18.2 Å². The van der Waals surface area contributed by atoms with E-state index in [4.69, 9.17) is 4.74 Å². The minimum atomic E-state index is -4.33. The molecule has 0 spiro atoms. The summed E-state index contributed by atoms with van der Waals surface area (Å²) in [6.45, 7) is 6.57. The molecule has 1 atom stereocenters. The van der Waals surface area contributed by atoms with Gasteiger partial charge in [0.15, 0.2) is 6.10 Å². The van der Waals surface area contributed by atoms with Gasteiger partial charge in [0.25, 0.3) is 5.91 Å². The van der Waals surface area contributed by atoms with Gasteiger partial charge in [0, 0.05) is 13.2 Å². The third-order valence-electron chi connectivity index (χ3n) is 3.49. The zero-order valence-electron chi connectivity index (χ0n) is 15.1. The molecular formula is C18H26F3NO3. The summed E-state index contributed by atoms with van der Waals surface area (Å²) in [4.78, 5) is 12.0. The van der Waals surface area contributed by atoms with E-state index in [1.54, 1.807) is 6.92 Å². The Morgan fingerprint density at radius 2 is 1.92 bits per heavy atom. The van der Waals surface area contributed by atoms with E-state index in [2.05, 4.69) is 10.1 Å². The third kappa shape index (κ3) is 8.25. The van der Waals surface area contributed by atoms with Gasteiger partial charge in [-0.2, -0.15) is 13.2 Å². The molecule has 1 aromatic rings. The lowest BCUT2D eigenvalue weighted by molar-refractivity contribution is -0.174. The van der Waals surface area contributed by atoms with E-state index in [0.29, 0.717) is 12.2 Å². The standard InChI is InChI=1S/C18H26F3NO3/c1-12(2)15-7-6-13(3)10-16(15)25-14(4)17(23)22-8-5-9-24-11-18(19,20)21/h6-7,10,12,14H,5,8-9,11H2,1-4H3,(H,22,23). The fraction of sp³-hybridized carbons (Fsp3) is 0.611. The van der Waals surface area contributed by atoms with Crippen LogP contribution < -0.4 is 10.1 Å². The number of carbonyl (C=O) groups excluding carboxylic acids is 1. The zero-order valence-corrected chi connectivity index (χ0v) is 15.1. The van der Waals surface area contributed by atoms with Gasteiger partial charge in [-0.15, -0.1) is 0 Å². The Morgan fingerprint density at radius 3 is 2.52 bits per heavy atom. The number of aryl methyl sites for hydroxylation is 1. The molecule has 0 aliphatic heterocycles. The van der Waals surface area contributed by atoms with E-state index < -0.39 is 18.9 Å². The maximum Gasteiger partial charge on any atom is 0.411 e. The van der Waals surface area contributed by atoms with Crippen LogP contribution in [-0.2, 0) is 9.53 Å². The average molecular weight is 361 g/mol. The smallest absolute Gasteiger partial charge is 0.411 e. The van der Waals surface area contributed by atoms with Crippen LogP contribution >= 0.6 is 0 Å². The first kappa shape index (κ1) is 21.3. The molecule has 0 fully saturated rings. The lowest BCUT2D eigenvalue weighted by atomic mass is 10.0. The van der Waals surface area contributed by atoms with Gasteiger partial charge in [-0.3, -0.25) is 4.79 Å². The first-order valence-corrected chi connectivity index (χ1v) is 8.29. The summed E-state index contributed by atoms with van der Waals surface area (Å²) in [5.41, 5.74) is 2.06. The number of benzene rings is 1. The molecule has 25 heavy (non-hydrogen) atoms. The molecular weight excluding hydrogens is 335 g/mol. The highest BCUT2D eigenvalue weighted by Gasteiger charge is 2.27. The van der Waals surface area contributed by atoms with Crippen LogP contribution in [0.25, 0.3) is 0 Å². The maximum atomic E-state index is 12.0. The Hall–Kier alpha value is -1.76. The van der Waals surface area contributed by atoms with Crippen molar-refractivity contribution in [3.05, 3.63) is 29.3 Å². The Kier molecular flexibility index (Phi) is 8.22. The van der Waals surface area contributed by atoms with Gasteiger partial charge in [-0.1, -0.05) is 26.0 Å². The monoisotopic (exact) mass is 361 g/mol. The summed E-state index contributed by atoms with van der Waals surface area (Å²) >= 11 is 0. The number of rotatable bonds is 9. The molecule has 142 valence electrons. The highest BCUT2D eigenvalue weighted by atomic mass is 19.4. The Balaban J connectivity index is 2.41. The second kappa shape index (κ2) is 9.65. The van der Waals surface area contributed by atoms with E-state index in [0.717, 1.165) is 11.1 Å². The quantitative estimate of drug-likeness (QED) is 0.677. The highest BCUT2D eigenvalue weighted by Crippen LogP contribution is 2.28. The van der Waals surface area contributed by atoms with Crippen molar-refractivity contribution >= 4 is 5.91 Å². The Labute approximate surface area is 146 Å². The molecule has 1 rings (SSSR count). The first-order valence-electron chi connectivity index (χ1n) is 8.29. The molecule has 1 N–H and O–H groups in total. The predicted octanol–water partition coefficient (Wildman–Crippen LogP) is 3.97. The summed E-state index contributed by atoms with van der Waals surface area (Å²) < 4.78 is 46.0. The second-order valence-electron chi connectivity index (χ2n) is 6.27. The Morgan fingerprint density at radius 1 is 1.24 bits per heavy atom. The van der Waals surface area contributed by atoms with Crippen LogP contribution in [0.2, 0.25) is 0 Å². The van der Waals surface area contributed by atoms with Crippen molar-refractivity contribution in [2.75, 3.05) is 19.8 Å². The van der Waals surface area contributed by atoms with E-state index >= 15 is 0 Å². The van der Waals surface area contributed by atoms with Crippen molar-refractivity contribution in [3.63, 3.8) is 0 Å². The number of hydrogen-bond acceptors (Lipinski definition) is 3. The molecule has 0 heterocycles. The van der Waals surface area contributed by atoms with Gasteiger partial charge >= 0.3 is 6.18 Å². The molecule has 0 bridgehead atoms. The van der Waals surface area contributed by atoms with Crippen LogP contribution in [0.5, 0.6) is 5.75 Å². The number of alkyl halides is 3. The van der Waals surface area contributed by atoms with Crippen molar-refractivity contribution in [3.8, 4) is 5.75 Å². The van der Waals surface area contributed by atoms with Crippen molar-refractivity contribution in [1.29, 1.82) is 0 Å². The van der Waals surface area contributed by atoms with Crippen LogP contribution in [0.1, 0.15) is 44.2 Å². The summed E-state index contributed by atoms with van der Waals surface area (Å²) in [7, 11) is 0. The number of carbonyl (C=O) groups is 1. The fourth-order valence-electron chi connectivity index (χ4n) is 2.18. The van der Waals surface area contributed by atoms with Crippen molar-refractivity contribution < 1.29 is 27.4 Å². The highest BCUT2D eigenvalue weighted by molar-refractivity contribution is 5.80. The van der Waals surface area contributed by atoms with E-state index in [1.807, 2.05) is 39.0 Å². The minimum absolute atomic E-state index is 0.0651. The van der Waals surface area contributed by atoms with Gasteiger partial charge in [0.1, 0.15) is 12.4 Å². The molecule has 0 aliphatic rings. The molecule has 0 saturated heterocycles. The second-order valence-corrected chi connectivity index (χ2v) is 6.27. The molecule has 0 aliphatic carbocycles. The predicted molar refractivity (Wildman–Crippen MR) is 89.9 cm³/mol. The van der Waals surface area contributed by atoms with Gasteiger partial charge < -0.3 is 14.8 Å². The largest absolute Gasteiger partial charge is 0.481 e. The van der Waals surface area contributed by atoms with Crippen LogP contribution in [0.3, 0.4) is 0 Å². The average Bonchev–Trinajstić information content (AvgIpc) is 2.49. The molecule has 4 nitrogen and oxygen atoms in total. The van der Waals surface area contributed by atoms with E-state index in [9.17, 15) is 18.0 Å². The number of halogens is 3. The maximum absolute atomic E-state index is 12.0. The summed E-state index contributed by atoms with van der Waals surface area (Å²) in [6, 6.07) is 5.87. The topological polar surface area (TPSA) is 47.6 Å². The summed E-state index contributed by atoms with van der Waals surface area (Å²) in [5.74, 6) is 0.620. The zero-order chi connectivity index (χ0) is 19.0. The number of amides is 1. The van der Waals surface area contributed by atoms with Crippen molar-refractivity contribution in [1.82, 2.24) is 5.32 Å². The van der Waals surface area contributed by atoms with E-state index in [-0.39, 0.29) is 25.0 Å². The van der Waals surface area contributed by atoms with Gasteiger partial charge in [0.2, 0.25) is 0 Å². The van der Waals surface area contributed by atoms with E-state index in [1.165, 1.54) is 0 Å². The SMILES string of the molecule is Cc1ccc(C(C)C)c(OC(C)C(=O)NCCCOCC(F)(F)F)c1. The van der Waals surface area contributed by atoms with Gasteiger partial charge in [-0.25, -0.2) is 0 Å². The molecule has 0 saturated carbocycles. The molecule has 1 aromatic carbocycles. The molecule has 0 radical (unpaired) electrons. The molecule has 0 aromatic heterocycles. The number of nitrogens with one attached hydrogen (secondary N) is 1. The van der Waals surface area contributed by atoms with Crippen LogP contribution in [0.4, 0.5) is 13.2 Å². The van der Waals surface area contributed by atoms with Crippen LogP contribution in [-0.4, -0.2) is 37.9 Å². The van der Waals surface area contributed by atoms with Gasteiger partial charge in [0.05, 0.1) is 0 Å². The lowest BCUT2D eigenvalue weighted by Gasteiger charge is -2.19. The summed E-state index contributed by atoms with van der Waals surface area (Å²) in [6.07, 6.45) is -4.72. The van der Waals surface area contributed by atoms with Gasteiger partial charge in [-0.05, 0) is 43.4 Å².